The molecule has 1 saturated carbocycles. The van der Waals surface area contributed by atoms with Crippen LogP contribution in [0.2, 0.25) is 0 Å². The summed E-state index contributed by atoms with van der Waals surface area (Å²) in [6.07, 6.45) is 13.3. The van der Waals surface area contributed by atoms with Crippen molar-refractivity contribution in [1.82, 2.24) is 0 Å². The first-order chi connectivity index (χ1) is 11.8. The largest absolute Gasteiger partial charge is 0.373 e. The van der Waals surface area contributed by atoms with Crippen LogP contribution in [0.25, 0.3) is 5.57 Å². The van der Waals surface area contributed by atoms with Gasteiger partial charge in [-0.15, -0.1) is 0 Å². The first-order valence-corrected chi connectivity index (χ1v) is 9.93. The van der Waals surface area contributed by atoms with Gasteiger partial charge in [-0.1, -0.05) is 24.3 Å². The molecule has 1 heteroatoms. The summed E-state index contributed by atoms with van der Waals surface area (Å²) in [5.41, 5.74) is 9.73. The van der Waals surface area contributed by atoms with E-state index in [0.29, 0.717) is 17.9 Å². The van der Waals surface area contributed by atoms with E-state index in [4.69, 9.17) is 4.74 Å². The predicted molar refractivity (Wildman–Crippen MR) is 99.2 cm³/mol. The van der Waals surface area contributed by atoms with Crippen molar-refractivity contribution in [2.45, 2.75) is 64.4 Å². The van der Waals surface area contributed by atoms with E-state index in [-0.39, 0.29) is 0 Å². The maximum Gasteiger partial charge on any atom is 0.0844 e. The standard InChI is InChI=1S/C23H28O/c1-3-15-16(4-2)22-17-8-6-5-7-14(17)9-10-20(22)23-18(15)11-12-19(23)21-13-24-21/h3-4,9-10,18-19,21,23H,5-8,11-13H2,1-2H3/b15-3+,16-4+. The molecule has 1 aromatic carbocycles. The van der Waals surface area contributed by atoms with E-state index in [1.165, 1.54) is 38.5 Å². The summed E-state index contributed by atoms with van der Waals surface area (Å²) in [4.78, 5) is 0. The first-order valence-electron chi connectivity index (χ1n) is 9.93. The van der Waals surface area contributed by atoms with E-state index in [1.807, 2.05) is 0 Å². The summed E-state index contributed by atoms with van der Waals surface area (Å²) in [5, 5.41) is 0. The normalized spacial score (nSPS) is 37.2. The molecule has 3 aliphatic carbocycles. The summed E-state index contributed by atoms with van der Waals surface area (Å²) < 4.78 is 5.76. The Bertz CT molecular complexity index is 735. The smallest absolute Gasteiger partial charge is 0.0844 e. The van der Waals surface area contributed by atoms with Gasteiger partial charge in [0, 0.05) is 0 Å². The van der Waals surface area contributed by atoms with Crippen molar-refractivity contribution in [1.29, 1.82) is 0 Å². The van der Waals surface area contributed by atoms with Gasteiger partial charge >= 0.3 is 0 Å². The summed E-state index contributed by atoms with van der Waals surface area (Å²) in [5.74, 6) is 2.14. The van der Waals surface area contributed by atoms with Crippen molar-refractivity contribution in [3.8, 4) is 0 Å². The van der Waals surface area contributed by atoms with Crippen LogP contribution in [0.4, 0.5) is 0 Å². The molecule has 1 aliphatic heterocycles. The Morgan fingerprint density at radius 1 is 1.04 bits per heavy atom. The molecule has 1 heterocycles. The monoisotopic (exact) mass is 320 g/mol. The second-order valence-electron chi connectivity index (χ2n) is 8.07. The lowest BCUT2D eigenvalue weighted by Crippen LogP contribution is -2.26. The van der Waals surface area contributed by atoms with Crippen LogP contribution >= 0.6 is 0 Å². The van der Waals surface area contributed by atoms with Gasteiger partial charge in [-0.2, -0.15) is 0 Å². The zero-order valence-corrected chi connectivity index (χ0v) is 15.0. The van der Waals surface area contributed by atoms with E-state index in [9.17, 15) is 0 Å². The Balaban J connectivity index is 1.74. The van der Waals surface area contributed by atoms with Crippen molar-refractivity contribution in [3.05, 3.63) is 52.1 Å². The Kier molecular flexibility index (Phi) is 3.49. The van der Waals surface area contributed by atoms with Gasteiger partial charge in [0.25, 0.3) is 0 Å². The lowest BCUT2D eigenvalue weighted by Gasteiger charge is -2.38. The lowest BCUT2D eigenvalue weighted by molar-refractivity contribution is 0.304. The molecule has 4 aliphatic rings. The average molecular weight is 320 g/mol. The molecule has 0 amide bonds. The third-order valence-electron chi connectivity index (χ3n) is 7.05. The van der Waals surface area contributed by atoms with Gasteiger partial charge in [-0.05, 0) is 104 Å². The quantitative estimate of drug-likeness (QED) is 0.628. The van der Waals surface area contributed by atoms with Crippen LogP contribution in [0.5, 0.6) is 0 Å². The van der Waals surface area contributed by atoms with E-state index in [0.717, 1.165) is 12.5 Å². The highest BCUT2D eigenvalue weighted by Gasteiger charge is 2.50. The van der Waals surface area contributed by atoms with E-state index in [1.54, 1.807) is 33.4 Å². The van der Waals surface area contributed by atoms with Crippen molar-refractivity contribution in [2.24, 2.45) is 11.8 Å². The molecule has 4 atom stereocenters. The van der Waals surface area contributed by atoms with Crippen LogP contribution in [0.15, 0.2) is 29.9 Å². The van der Waals surface area contributed by atoms with E-state index in [2.05, 4.69) is 38.1 Å². The second-order valence-corrected chi connectivity index (χ2v) is 8.07. The Labute approximate surface area is 145 Å². The Morgan fingerprint density at radius 3 is 2.62 bits per heavy atom. The minimum Gasteiger partial charge on any atom is -0.373 e. The topological polar surface area (TPSA) is 12.5 Å². The van der Waals surface area contributed by atoms with Crippen LogP contribution < -0.4 is 0 Å². The molecular weight excluding hydrogens is 292 g/mol. The molecule has 4 unspecified atom stereocenters. The maximum absolute atomic E-state index is 5.76. The SMILES string of the molecule is C/C=C1\C(=C/C)c2c(ccc3c2CCCC3)C2C1CCC2C1CO1. The summed E-state index contributed by atoms with van der Waals surface area (Å²) >= 11 is 0. The molecule has 24 heavy (non-hydrogen) atoms. The van der Waals surface area contributed by atoms with Crippen molar-refractivity contribution in [3.63, 3.8) is 0 Å². The molecule has 126 valence electrons. The highest BCUT2D eigenvalue weighted by atomic mass is 16.6. The van der Waals surface area contributed by atoms with Crippen molar-refractivity contribution in [2.75, 3.05) is 6.61 Å². The van der Waals surface area contributed by atoms with E-state index < -0.39 is 0 Å². The molecule has 1 aromatic rings. The molecule has 5 rings (SSSR count). The number of aryl methyl sites for hydroxylation is 1. The summed E-state index contributed by atoms with van der Waals surface area (Å²) in [6.45, 7) is 5.48. The number of rotatable bonds is 1. The zero-order chi connectivity index (χ0) is 16.3. The fourth-order valence-corrected chi connectivity index (χ4v) is 6.01. The highest BCUT2D eigenvalue weighted by Crippen LogP contribution is 2.59. The Morgan fingerprint density at radius 2 is 1.88 bits per heavy atom. The number of epoxide rings is 1. The first kappa shape index (κ1) is 15.0. The Hall–Kier alpha value is -1.34. The minimum absolute atomic E-state index is 0.536. The van der Waals surface area contributed by atoms with Crippen LogP contribution in [0.3, 0.4) is 0 Å². The third kappa shape index (κ3) is 2.03. The molecular formula is C23H28O. The number of benzene rings is 1. The van der Waals surface area contributed by atoms with Crippen LogP contribution in [-0.2, 0) is 17.6 Å². The summed E-state index contributed by atoms with van der Waals surface area (Å²) in [6, 6.07) is 4.95. The van der Waals surface area contributed by atoms with E-state index >= 15 is 0 Å². The molecule has 0 spiro atoms. The highest BCUT2D eigenvalue weighted by molar-refractivity contribution is 5.86. The molecule has 0 bridgehead atoms. The van der Waals surface area contributed by atoms with Crippen molar-refractivity contribution < 1.29 is 4.74 Å². The van der Waals surface area contributed by atoms with Gasteiger partial charge in [0.05, 0.1) is 12.7 Å². The maximum atomic E-state index is 5.76. The van der Waals surface area contributed by atoms with Gasteiger partial charge in [0.15, 0.2) is 0 Å². The molecule has 0 N–H and O–H groups in total. The minimum atomic E-state index is 0.536. The fourth-order valence-electron chi connectivity index (χ4n) is 6.01. The zero-order valence-electron chi connectivity index (χ0n) is 15.0. The number of hydrogen-bond donors (Lipinski definition) is 0. The van der Waals surface area contributed by atoms with Crippen LogP contribution in [-0.4, -0.2) is 12.7 Å². The van der Waals surface area contributed by atoms with Crippen molar-refractivity contribution >= 4 is 5.57 Å². The van der Waals surface area contributed by atoms with Gasteiger partial charge in [-0.25, -0.2) is 0 Å². The molecule has 1 nitrogen and oxygen atoms in total. The average Bonchev–Trinajstić information content (AvgIpc) is 3.38. The molecule has 0 aromatic heterocycles. The lowest BCUT2D eigenvalue weighted by atomic mass is 9.66. The number of hydrogen-bond acceptors (Lipinski definition) is 1. The van der Waals surface area contributed by atoms with Crippen LogP contribution in [0.1, 0.15) is 67.7 Å². The second kappa shape index (κ2) is 5.59. The van der Waals surface area contributed by atoms with Gasteiger partial charge in [-0.3, -0.25) is 0 Å². The van der Waals surface area contributed by atoms with Crippen LogP contribution in [0, 0.1) is 11.8 Å². The van der Waals surface area contributed by atoms with Gasteiger partial charge in [0.1, 0.15) is 0 Å². The molecule has 0 radical (unpaired) electrons. The third-order valence-corrected chi connectivity index (χ3v) is 7.05. The van der Waals surface area contributed by atoms with Gasteiger partial charge < -0.3 is 4.74 Å². The number of fused-ring (bicyclic) bond motifs is 5. The number of ether oxygens (including phenoxy) is 1. The summed E-state index contributed by atoms with van der Waals surface area (Å²) in [7, 11) is 0. The molecule has 1 saturated heterocycles. The predicted octanol–water partition coefficient (Wildman–Crippen LogP) is 5.44. The fraction of sp³-hybridized carbons (Fsp3) is 0.565. The molecule has 2 fully saturated rings. The number of allylic oxidation sites excluding steroid dienone is 4. The van der Waals surface area contributed by atoms with Gasteiger partial charge in [0.2, 0.25) is 0 Å².